The van der Waals surface area contributed by atoms with Gasteiger partial charge in [0, 0.05) is 12.6 Å². The lowest BCUT2D eigenvalue weighted by molar-refractivity contribution is 0.197. The van der Waals surface area contributed by atoms with E-state index >= 15 is 0 Å². The van der Waals surface area contributed by atoms with Crippen LogP contribution in [-0.4, -0.2) is 24.0 Å². The van der Waals surface area contributed by atoms with Gasteiger partial charge in [0.15, 0.2) is 0 Å². The van der Waals surface area contributed by atoms with Gasteiger partial charge >= 0.3 is 0 Å². The predicted molar refractivity (Wildman–Crippen MR) is 42.9 cm³/mol. The summed E-state index contributed by atoms with van der Waals surface area (Å²) in [6.07, 6.45) is 5.18. The summed E-state index contributed by atoms with van der Waals surface area (Å²) < 4.78 is 0. The van der Waals surface area contributed by atoms with Crippen LogP contribution in [0.4, 0.5) is 0 Å². The molecule has 2 nitrogen and oxygen atoms in total. The Balaban J connectivity index is 1.99. The summed E-state index contributed by atoms with van der Waals surface area (Å²) in [6.45, 7) is 2.28. The van der Waals surface area contributed by atoms with Crippen molar-refractivity contribution in [3.05, 3.63) is 0 Å². The van der Waals surface area contributed by atoms with Crippen molar-refractivity contribution in [2.24, 2.45) is 5.92 Å². The van der Waals surface area contributed by atoms with Gasteiger partial charge in [-0.25, -0.2) is 0 Å². The van der Waals surface area contributed by atoms with E-state index in [0.29, 0.717) is 5.92 Å². The fourth-order valence-electron chi connectivity index (χ4n) is 2.35. The van der Waals surface area contributed by atoms with Crippen molar-refractivity contribution in [1.29, 1.82) is 5.26 Å². The molecule has 60 valence electrons. The van der Waals surface area contributed by atoms with Crippen molar-refractivity contribution < 1.29 is 0 Å². The Labute approximate surface area is 67.8 Å². The van der Waals surface area contributed by atoms with Gasteiger partial charge in [-0.3, -0.25) is 4.90 Å². The van der Waals surface area contributed by atoms with Crippen molar-refractivity contribution in [2.75, 3.05) is 13.1 Å². The standard InChI is InChI=1S/C9H14N2/c10-6-8-5-9-3-1-2-4-11(9)7-8/h8-9H,1-5,7H2/t8-,9+/m0/s1. The average Bonchev–Trinajstić information content (AvgIpc) is 2.46. The van der Waals surface area contributed by atoms with E-state index in [-0.39, 0.29) is 0 Å². The van der Waals surface area contributed by atoms with Gasteiger partial charge in [-0.15, -0.1) is 0 Å². The smallest absolute Gasteiger partial charge is 0.0669 e. The highest BCUT2D eigenvalue weighted by molar-refractivity contribution is 4.96. The van der Waals surface area contributed by atoms with E-state index in [1.165, 1.54) is 25.8 Å². The minimum atomic E-state index is 0.332. The van der Waals surface area contributed by atoms with Crippen LogP contribution in [0.2, 0.25) is 0 Å². The lowest BCUT2D eigenvalue weighted by Crippen LogP contribution is -2.33. The summed E-state index contributed by atoms with van der Waals surface area (Å²) in [5, 5.41) is 8.74. The van der Waals surface area contributed by atoms with E-state index < -0.39 is 0 Å². The average molecular weight is 150 g/mol. The molecule has 2 fully saturated rings. The predicted octanol–water partition coefficient (Wildman–Crippen LogP) is 1.38. The molecular formula is C9H14N2. The van der Waals surface area contributed by atoms with Crippen molar-refractivity contribution in [3.8, 4) is 6.07 Å². The molecule has 0 aromatic heterocycles. The van der Waals surface area contributed by atoms with Crippen molar-refractivity contribution >= 4 is 0 Å². The van der Waals surface area contributed by atoms with Gasteiger partial charge in [0.25, 0.3) is 0 Å². The molecule has 0 aliphatic carbocycles. The summed E-state index contributed by atoms with van der Waals surface area (Å²) >= 11 is 0. The first-order valence-corrected chi connectivity index (χ1v) is 4.54. The maximum absolute atomic E-state index is 8.74. The highest BCUT2D eigenvalue weighted by Crippen LogP contribution is 2.29. The molecule has 2 atom stereocenters. The third-order valence-electron chi connectivity index (χ3n) is 2.94. The second kappa shape index (κ2) is 2.83. The molecule has 0 N–H and O–H groups in total. The lowest BCUT2D eigenvalue weighted by atomic mass is 10.0. The van der Waals surface area contributed by atoms with Gasteiger partial charge in [0.2, 0.25) is 0 Å². The summed E-state index contributed by atoms with van der Waals surface area (Å²) in [4.78, 5) is 2.50. The summed E-state index contributed by atoms with van der Waals surface area (Å²) in [5.41, 5.74) is 0. The molecular weight excluding hydrogens is 136 g/mol. The first-order chi connectivity index (χ1) is 5.40. The molecule has 0 spiro atoms. The topological polar surface area (TPSA) is 27.0 Å². The molecule has 0 amide bonds. The zero-order valence-corrected chi connectivity index (χ0v) is 6.79. The zero-order valence-electron chi connectivity index (χ0n) is 6.79. The number of piperidine rings is 1. The maximum Gasteiger partial charge on any atom is 0.0669 e. The number of hydrogen-bond acceptors (Lipinski definition) is 2. The monoisotopic (exact) mass is 150 g/mol. The second-order valence-electron chi connectivity index (χ2n) is 3.71. The Morgan fingerprint density at radius 2 is 2.27 bits per heavy atom. The van der Waals surface area contributed by atoms with Gasteiger partial charge in [-0.2, -0.15) is 5.26 Å². The maximum atomic E-state index is 8.74. The normalized spacial score (nSPS) is 38.1. The van der Waals surface area contributed by atoms with E-state index in [9.17, 15) is 0 Å². The molecule has 11 heavy (non-hydrogen) atoms. The van der Waals surface area contributed by atoms with E-state index in [4.69, 9.17) is 5.26 Å². The Kier molecular flexibility index (Phi) is 1.83. The Bertz CT molecular complexity index is 168. The number of nitriles is 1. The zero-order chi connectivity index (χ0) is 7.68. The number of rotatable bonds is 0. The van der Waals surface area contributed by atoms with Crippen molar-refractivity contribution in [1.82, 2.24) is 4.90 Å². The third kappa shape index (κ3) is 1.25. The van der Waals surface area contributed by atoms with Crippen molar-refractivity contribution in [2.45, 2.75) is 31.7 Å². The minimum Gasteiger partial charge on any atom is -0.299 e. The molecule has 0 aromatic rings. The summed E-state index contributed by atoms with van der Waals surface area (Å²) in [7, 11) is 0. The van der Waals surface area contributed by atoms with Crippen LogP contribution in [0, 0.1) is 17.2 Å². The first kappa shape index (κ1) is 7.12. The number of fused-ring (bicyclic) bond motifs is 1. The number of nitrogens with zero attached hydrogens (tertiary/aromatic N) is 2. The highest BCUT2D eigenvalue weighted by atomic mass is 15.2. The number of hydrogen-bond donors (Lipinski definition) is 0. The lowest BCUT2D eigenvalue weighted by Gasteiger charge is -2.28. The van der Waals surface area contributed by atoms with Gasteiger partial charge < -0.3 is 0 Å². The quantitative estimate of drug-likeness (QED) is 0.521. The Morgan fingerprint density at radius 3 is 3.00 bits per heavy atom. The van der Waals surface area contributed by atoms with Crippen LogP contribution in [0.25, 0.3) is 0 Å². The molecule has 2 rings (SSSR count). The van der Waals surface area contributed by atoms with E-state index in [1.54, 1.807) is 0 Å². The van der Waals surface area contributed by atoms with Crippen LogP contribution in [0.1, 0.15) is 25.7 Å². The van der Waals surface area contributed by atoms with Crippen LogP contribution in [0.3, 0.4) is 0 Å². The Morgan fingerprint density at radius 1 is 1.36 bits per heavy atom. The molecule has 0 saturated carbocycles. The molecule has 2 heteroatoms. The fraction of sp³-hybridized carbons (Fsp3) is 0.889. The van der Waals surface area contributed by atoms with Crippen LogP contribution in [0.15, 0.2) is 0 Å². The molecule has 2 aliphatic rings. The van der Waals surface area contributed by atoms with Crippen molar-refractivity contribution in [3.63, 3.8) is 0 Å². The molecule has 0 unspecified atom stereocenters. The molecule has 0 radical (unpaired) electrons. The van der Waals surface area contributed by atoms with E-state index in [2.05, 4.69) is 11.0 Å². The molecule has 0 aromatic carbocycles. The fourth-order valence-corrected chi connectivity index (χ4v) is 2.35. The van der Waals surface area contributed by atoms with E-state index in [0.717, 1.165) is 19.0 Å². The minimum absolute atomic E-state index is 0.332. The summed E-state index contributed by atoms with van der Waals surface area (Å²) in [5.74, 6) is 0.332. The molecule has 2 heterocycles. The molecule has 0 bridgehead atoms. The first-order valence-electron chi connectivity index (χ1n) is 4.54. The van der Waals surface area contributed by atoms with Crippen LogP contribution < -0.4 is 0 Å². The largest absolute Gasteiger partial charge is 0.299 e. The van der Waals surface area contributed by atoms with Crippen LogP contribution in [0.5, 0.6) is 0 Å². The Hall–Kier alpha value is -0.550. The molecule has 2 aliphatic heterocycles. The third-order valence-corrected chi connectivity index (χ3v) is 2.94. The van der Waals surface area contributed by atoms with Gasteiger partial charge in [0.05, 0.1) is 12.0 Å². The van der Waals surface area contributed by atoms with Crippen LogP contribution in [-0.2, 0) is 0 Å². The highest BCUT2D eigenvalue weighted by Gasteiger charge is 2.32. The van der Waals surface area contributed by atoms with E-state index in [1.807, 2.05) is 0 Å². The van der Waals surface area contributed by atoms with Gasteiger partial charge in [-0.05, 0) is 25.8 Å². The molecule has 2 saturated heterocycles. The SMILES string of the molecule is N#C[C@@H]1C[C@H]2CCCCN2C1. The van der Waals surface area contributed by atoms with Gasteiger partial charge in [0.1, 0.15) is 0 Å². The van der Waals surface area contributed by atoms with Gasteiger partial charge in [-0.1, -0.05) is 6.42 Å². The second-order valence-corrected chi connectivity index (χ2v) is 3.71. The summed E-state index contributed by atoms with van der Waals surface area (Å²) in [6, 6.07) is 3.14. The van der Waals surface area contributed by atoms with Crippen LogP contribution >= 0.6 is 0 Å².